The lowest BCUT2D eigenvalue weighted by Crippen LogP contribution is -2.24. The number of carbonyl (C=O) groups excluding carboxylic acids is 4. The van der Waals surface area contributed by atoms with Crippen molar-refractivity contribution in [2.24, 2.45) is 0 Å². The van der Waals surface area contributed by atoms with Crippen molar-refractivity contribution in [1.82, 2.24) is 0 Å². The molecule has 0 aliphatic carbocycles. The van der Waals surface area contributed by atoms with E-state index in [1.165, 1.54) is 25.3 Å². The zero-order chi connectivity index (χ0) is 39.0. The number of para-hydroxylation sites is 10. The molecule has 0 bridgehead atoms. The number of rotatable bonds is 18. The Hall–Kier alpha value is -7.62. The van der Waals surface area contributed by atoms with Gasteiger partial charge in [-0.25, -0.2) is 0 Å². The van der Waals surface area contributed by atoms with E-state index in [9.17, 15) is 29.3 Å². The van der Waals surface area contributed by atoms with Crippen molar-refractivity contribution in [3.05, 3.63) is 131 Å². The van der Waals surface area contributed by atoms with Crippen molar-refractivity contribution in [1.29, 1.82) is 0 Å². The average Bonchev–Trinajstić information content (AvgIpc) is 3.19. The minimum atomic E-state index is -0.614. The number of nitro benzene ring substituents is 1. The second kappa shape index (κ2) is 19.3. The Morgan fingerprint density at radius 2 is 0.727 bits per heavy atom. The fraction of sp³-hybridized carbons (Fsp3) is 0.128. The summed E-state index contributed by atoms with van der Waals surface area (Å²) < 4.78 is 27.7. The van der Waals surface area contributed by atoms with Gasteiger partial charge in [-0.3, -0.25) is 29.3 Å². The molecule has 4 amide bonds. The number of nitro groups is 1. The predicted octanol–water partition coefficient (Wildman–Crippen LogP) is 5.67. The van der Waals surface area contributed by atoms with Crippen LogP contribution in [0.5, 0.6) is 28.7 Å². The summed E-state index contributed by atoms with van der Waals surface area (Å²) in [5, 5.41) is 21.9. The Morgan fingerprint density at radius 3 is 1.07 bits per heavy atom. The van der Waals surface area contributed by atoms with Crippen LogP contribution in [0.15, 0.2) is 121 Å². The molecule has 16 heteroatoms. The van der Waals surface area contributed by atoms with Crippen LogP contribution < -0.4 is 45.0 Å². The molecule has 0 spiro atoms. The summed E-state index contributed by atoms with van der Waals surface area (Å²) in [4.78, 5) is 61.5. The molecule has 16 nitrogen and oxygen atoms in total. The number of hydrogen-bond acceptors (Lipinski definition) is 11. The van der Waals surface area contributed by atoms with E-state index in [1.807, 2.05) is 0 Å². The minimum absolute atomic E-state index is 0.0618. The molecule has 0 heterocycles. The average molecular weight is 750 g/mol. The molecule has 55 heavy (non-hydrogen) atoms. The van der Waals surface area contributed by atoms with Crippen LogP contribution in [-0.4, -0.2) is 62.1 Å². The zero-order valence-electron chi connectivity index (χ0n) is 29.3. The van der Waals surface area contributed by atoms with Crippen molar-refractivity contribution in [3.63, 3.8) is 0 Å². The maximum absolute atomic E-state index is 12.9. The first kappa shape index (κ1) is 38.6. The molecule has 0 saturated heterocycles. The van der Waals surface area contributed by atoms with E-state index in [2.05, 4.69) is 21.3 Å². The standard InChI is InChI=1S/C39H35N5O11/c1-51-31-17-7-2-12-26(31)40-36(45)22-52-32-18-8-3-13-27(32)41-37(46)23-53-33-19-9-4-14-28(33)42-38(47)24-54-34-20-10-5-15-29(34)43-39(48)25-55-35-21-11-6-16-30(35)44(49)50/h2-21H,22-25H2,1H3,(H,40,45)(H,41,46)(H,42,47)(H,43,48). The lowest BCUT2D eigenvalue weighted by molar-refractivity contribution is -0.385. The van der Waals surface area contributed by atoms with Gasteiger partial charge in [0.2, 0.25) is 0 Å². The Bertz CT molecular complexity index is 2160. The van der Waals surface area contributed by atoms with Gasteiger partial charge in [-0.2, -0.15) is 0 Å². The molecule has 4 N–H and O–H groups in total. The Morgan fingerprint density at radius 1 is 0.455 bits per heavy atom. The molecule has 0 aromatic heterocycles. The minimum Gasteiger partial charge on any atom is -0.495 e. The van der Waals surface area contributed by atoms with Crippen LogP contribution in [-0.2, 0) is 19.2 Å². The van der Waals surface area contributed by atoms with Gasteiger partial charge in [-0.05, 0) is 54.6 Å². The fourth-order valence-corrected chi connectivity index (χ4v) is 4.88. The summed E-state index contributed by atoms with van der Waals surface area (Å²) in [7, 11) is 1.50. The maximum Gasteiger partial charge on any atom is 0.310 e. The van der Waals surface area contributed by atoms with Gasteiger partial charge in [0, 0.05) is 6.07 Å². The zero-order valence-corrected chi connectivity index (χ0v) is 29.3. The number of amides is 4. The lowest BCUT2D eigenvalue weighted by Gasteiger charge is -2.15. The van der Waals surface area contributed by atoms with E-state index >= 15 is 0 Å². The van der Waals surface area contributed by atoms with Crippen LogP contribution in [0.25, 0.3) is 0 Å². The van der Waals surface area contributed by atoms with E-state index in [0.717, 1.165) is 0 Å². The number of anilines is 4. The smallest absolute Gasteiger partial charge is 0.310 e. The summed E-state index contributed by atoms with van der Waals surface area (Å²) in [6, 6.07) is 32.1. The van der Waals surface area contributed by atoms with Crippen molar-refractivity contribution in [2.75, 3.05) is 54.8 Å². The van der Waals surface area contributed by atoms with Crippen LogP contribution >= 0.6 is 0 Å². The normalized spacial score (nSPS) is 10.3. The summed E-state index contributed by atoms with van der Waals surface area (Å²) >= 11 is 0. The largest absolute Gasteiger partial charge is 0.495 e. The van der Waals surface area contributed by atoms with E-state index < -0.39 is 48.4 Å². The van der Waals surface area contributed by atoms with E-state index in [4.69, 9.17) is 23.7 Å². The molecule has 0 aliphatic rings. The quantitative estimate of drug-likeness (QED) is 0.0634. The van der Waals surface area contributed by atoms with Gasteiger partial charge in [0.1, 0.15) is 23.0 Å². The summed E-state index contributed by atoms with van der Waals surface area (Å²) in [5.41, 5.74) is 1.02. The van der Waals surface area contributed by atoms with E-state index in [0.29, 0.717) is 17.1 Å². The first-order chi connectivity index (χ1) is 26.7. The topological polar surface area (TPSA) is 206 Å². The summed E-state index contributed by atoms with van der Waals surface area (Å²) in [6.45, 7) is -1.74. The molecule has 0 saturated carbocycles. The first-order valence-corrected chi connectivity index (χ1v) is 16.5. The highest BCUT2D eigenvalue weighted by atomic mass is 16.6. The highest BCUT2D eigenvalue weighted by molar-refractivity contribution is 5.96. The van der Waals surface area contributed by atoms with Crippen molar-refractivity contribution < 1.29 is 47.8 Å². The van der Waals surface area contributed by atoms with Crippen molar-refractivity contribution in [2.45, 2.75) is 0 Å². The Labute approximate surface area is 314 Å². The molecule has 0 unspecified atom stereocenters. The van der Waals surface area contributed by atoms with Crippen LogP contribution in [0.3, 0.4) is 0 Å². The van der Waals surface area contributed by atoms with Crippen LogP contribution in [0.4, 0.5) is 28.4 Å². The SMILES string of the molecule is COc1ccccc1NC(=O)COc1ccccc1NC(=O)COc1ccccc1NC(=O)COc1ccccc1NC(=O)COc1ccccc1[N+](=O)[O-]. The van der Waals surface area contributed by atoms with Gasteiger partial charge >= 0.3 is 5.69 Å². The second-order valence-electron chi connectivity index (χ2n) is 11.3. The molecule has 0 radical (unpaired) electrons. The first-order valence-electron chi connectivity index (χ1n) is 16.5. The second-order valence-corrected chi connectivity index (χ2v) is 11.3. The van der Waals surface area contributed by atoms with Crippen LogP contribution in [0.2, 0.25) is 0 Å². The monoisotopic (exact) mass is 749 g/mol. The molecule has 5 aromatic carbocycles. The number of nitrogens with one attached hydrogen (secondary N) is 4. The van der Waals surface area contributed by atoms with Gasteiger partial charge in [0.05, 0.1) is 34.8 Å². The van der Waals surface area contributed by atoms with Gasteiger partial charge in [-0.15, -0.1) is 0 Å². The molecule has 5 rings (SSSR count). The third-order valence-corrected chi connectivity index (χ3v) is 7.36. The number of hydrogen-bond donors (Lipinski definition) is 4. The highest BCUT2D eigenvalue weighted by Gasteiger charge is 2.17. The van der Waals surface area contributed by atoms with Crippen LogP contribution in [0, 0.1) is 10.1 Å². The molecule has 0 aliphatic heterocycles. The van der Waals surface area contributed by atoms with Gasteiger partial charge in [0.15, 0.2) is 32.2 Å². The molecular weight excluding hydrogens is 714 g/mol. The number of nitrogens with zero attached hydrogens (tertiary/aromatic N) is 1. The molecule has 0 atom stereocenters. The van der Waals surface area contributed by atoms with Crippen LogP contribution in [0.1, 0.15) is 0 Å². The van der Waals surface area contributed by atoms with Gasteiger partial charge < -0.3 is 45.0 Å². The van der Waals surface area contributed by atoms with Gasteiger partial charge in [-0.1, -0.05) is 60.7 Å². The van der Waals surface area contributed by atoms with Gasteiger partial charge in [0.25, 0.3) is 23.6 Å². The fourth-order valence-electron chi connectivity index (χ4n) is 4.88. The lowest BCUT2D eigenvalue weighted by atomic mass is 10.2. The maximum atomic E-state index is 12.9. The molecule has 5 aromatic rings. The summed E-state index contributed by atoms with van der Waals surface area (Å²) in [6.07, 6.45) is 0. The number of benzene rings is 5. The van der Waals surface area contributed by atoms with E-state index in [1.54, 1.807) is 103 Å². The number of ether oxygens (including phenoxy) is 5. The summed E-state index contributed by atoms with van der Waals surface area (Å²) in [5.74, 6) is -1.08. The third-order valence-electron chi connectivity index (χ3n) is 7.36. The number of carbonyl (C=O) groups is 4. The van der Waals surface area contributed by atoms with Crippen molar-refractivity contribution in [3.8, 4) is 28.7 Å². The predicted molar refractivity (Wildman–Crippen MR) is 202 cm³/mol. The number of methoxy groups -OCH3 is 1. The van der Waals surface area contributed by atoms with Crippen molar-refractivity contribution >= 4 is 52.1 Å². The Balaban J connectivity index is 1.10. The highest BCUT2D eigenvalue weighted by Crippen LogP contribution is 2.29. The van der Waals surface area contributed by atoms with E-state index in [-0.39, 0.29) is 46.7 Å². The molecule has 0 fully saturated rings. The molecule has 282 valence electrons. The Kier molecular flexibility index (Phi) is 13.5. The molecular formula is C39H35N5O11. The third kappa shape index (κ3) is 11.4.